The van der Waals surface area contributed by atoms with Crippen LogP contribution in [0, 0.1) is 5.92 Å². The first kappa shape index (κ1) is 13.0. The third-order valence-corrected chi connectivity index (χ3v) is 4.78. The summed E-state index contributed by atoms with van der Waals surface area (Å²) in [5, 5.41) is 8.84. The largest absolute Gasteiger partial charge is 0.311 e. The predicted molar refractivity (Wildman–Crippen MR) is 74.3 cm³/mol. The number of rotatable bonds is 6. The minimum Gasteiger partial charge on any atom is -0.311 e. The van der Waals surface area contributed by atoms with E-state index in [0.29, 0.717) is 12.0 Å². The summed E-state index contributed by atoms with van der Waals surface area (Å²) in [6.45, 7) is 6.68. The molecule has 1 saturated heterocycles. The van der Waals surface area contributed by atoms with Gasteiger partial charge in [-0.25, -0.2) is 0 Å². The van der Waals surface area contributed by atoms with E-state index >= 15 is 0 Å². The van der Waals surface area contributed by atoms with Gasteiger partial charge in [0.15, 0.2) is 0 Å². The Kier molecular flexibility index (Phi) is 4.92. The summed E-state index contributed by atoms with van der Waals surface area (Å²) in [5.74, 6) is 1.99. The quantitative estimate of drug-likeness (QED) is 0.844. The van der Waals surface area contributed by atoms with E-state index in [0.717, 1.165) is 18.3 Å². The summed E-state index contributed by atoms with van der Waals surface area (Å²) in [4.78, 5) is 0. The molecule has 2 heterocycles. The molecule has 3 nitrogen and oxygen atoms in total. The highest BCUT2D eigenvalue weighted by molar-refractivity contribution is 8.00. The van der Waals surface area contributed by atoms with Crippen molar-refractivity contribution in [3.8, 4) is 0 Å². The number of nitrogens with zero attached hydrogens (tertiary/aromatic N) is 2. The molecule has 1 aromatic heterocycles. The van der Waals surface area contributed by atoms with Gasteiger partial charge in [0.05, 0.1) is 6.54 Å². The highest BCUT2D eigenvalue weighted by Crippen LogP contribution is 2.25. The van der Waals surface area contributed by atoms with Crippen molar-refractivity contribution in [3.63, 3.8) is 0 Å². The molecule has 1 fully saturated rings. The summed E-state index contributed by atoms with van der Waals surface area (Å²) in [7, 11) is 0. The number of nitrogens with one attached hydrogen (secondary N) is 1. The van der Waals surface area contributed by atoms with Gasteiger partial charge in [0.1, 0.15) is 0 Å². The maximum atomic E-state index is 4.29. The second-order valence-corrected chi connectivity index (χ2v) is 6.53. The van der Waals surface area contributed by atoms with E-state index in [1.807, 2.05) is 23.1 Å². The number of hydrogen-bond acceptors (Lipinski definition) is 3. The molecule has 0 bridgehead atoms. The second kappa shape index (κ2) is 6.45. The lowest BCUT2D eigenvalue weighted by Crippen LogP contribution is -2.40. The number of hydrogen-bond donors (Lipinski definition) is 1. The molecule has 96 valence electrons. The van der Waals surface area contributed by atoms with Crippen LogP contribution in [0.25, 0.3) is 0 Å². The first-order chi connectivity index (χ1) is 8.25. The predicted octanol–water partition coefficient (Wildman–Crippen LogP) is 2.39. The van der Waals surface area contributed by atoms with Crippen molar-refractivity contribution in [2.75, 3.05) is 12.3 Å². The molecule has 0 spiro atoms. The normalized spacial score (nSPS) is 22.2. The Balaban J connectivity index is 1.80. The van der Waals surface area contributed by atoms with Gasteiger partial charge in [-0.1, -0.05) is 13.8 Å². The molecule has 1 aliphatic rings. The molecule has 0 aliphatic carbocycles. The molecule has 17 heavy (non-hydrogen) atoms. The van der Waals surface area contributed by atoms with Crippen LogP contribution in [0.1, 0.15) is 26.7 Å². The molecule has 0 radical (unpaired) electrons. The monoisotopic (exact) mass is 253 g/mol. The zero-order chi connectivity index (χ0) is 12.1. The second-order valence-electron chi connectivity index (χ2n) is 5.12. The van der Waals surface area contributed by atoms with Crippen molar-refractivity contribution in [1.82, 2.24) is 15.1 Å². The van der Waals surface area contributed by atoms with Gasteiger partial charge in [0.2, 0.25) is 0 Å². The molecule has 2 atom stereocenters. The fourth-order valence-electron chi connectivity index (χ4n) is 2.21. The Morgan fingerprint density at radius 1 is 1.53 bits per heavy atom. The van der Waals surface area contributed by atoms with Crippen LogP contribution in [0.5, 0.6) is 0 Å². The summed E-state index contributed by atoms with van der Waals surface area (Å²) in [5.41, 5.74) is 0. The van der Waals surface area contributed by atoms with Crippen LogP contribution in [0.4, 0.5) is 0 Å². The van der Waals surface area contributed by atoms with Crippen LogP contribution < -0.4 is 5.32 Å². The van der Waals surface area contributed by atoms with E-state index in [9.17, 15) is 0 Å². The van der Waals surface area contributed by atoms with Crippen molar-refractivity contribution in [3.05, 3.63) is 18.5 Å². The fourth-order valence-corrected chi connectivity index (χ4v) is 3.42. The average molecular weight is 253 g/mol. The van der Waals surface area contributed by atoms with Gasteiger partial charge >= 0.3 is 0 Å². The standard InChI is InChI=1S/C13H23N3S/c1-11(2)13(10-16-7-4-6-15-16)14-9-12-5-3-8-17-12/h4,6-7,11-14H,3,5,8-10H2,1-2H3. The van der Waals surface area contributed by atoms with E-state index in [-0.39, 0.29) is 0 Å². The number of aromatic nitrogens is 2. The Bertz CT molecular complexity index is 304. The minimum absolute atomic E-state index is 0.524. The van der Waals surface area contributed by atoms with Crippen LogP contribution in [-0.4, -0.2) is 33.4 Å². The zero-order valence-corrected chi connectivity index (χ0v) is 11.6. The van der Waals surface area contributed by atoms with E-state index in [4.69, 9.17) is 0 Å². The Hall–Kier alpha value is -0.480. The summed E-state index contributed by atoms with van der Waals surface area (Å²) < 4.78 is 2.03. The highest BCUT2D eigenvalue weighted by atomic mass is 32.2. The topological polar surface area (TPSA) is 29.9 Å². The van der Waals surface area contributed by atoms with Gasteiger partial charge < -0.3 is 5.32 Å². The highest BCUT2D eigenvalue weighted by Gasteiger charge is 2.19. The van der Waals surface area contributed by atoms with E-state index in [2.05, 4.69) is 36.0 Å². The van der Waals surface area contributed by atoms with Crippen molar-refractivity contribution in [1.29, 1.82) is 0 Å². The minimum atomic E-state index is 0.524. The van der Waals surface area contributed by atoms with Crippen molar-refractivity contribution >= 4 is 11.8 Å². The van der Waals surface area contributed by atoms with E-state index in [1.165, 1.54) is 18.6 Å². The lowest BCUT2D eigenvalue weighted by Gasteiger charge is -2.24. The molecule has 0 aromatic carbocycles. The van der Waals surface area contributed by atoms with E-state index in [1.54, 1.807) is 0 Å². The summed E-state index contributed by atoms with van der Waals surface area (Å²) in [6.07, 6.45) is 6.67. The molecule has 0 saturated carbocycles. The van der Waals surface area contributed by atoms with Gasteiger partial charge in [0, 0.05) is 30.2 Å². The molecule has 0 amide bonds. The Morgan fingerprint density at radius 3 is 3.00 bits per heavy atom. The smallest absolute Gasteiger partial charge is 0.0565 e. The lowest BCUT2D eigenvalue weighted by atomic mass is 10.0. The van der Waals surface area contributed by atoms with Crippen LogP contribution in [-0.2, 0) is 6.54 Å². The average Bonchev–Trinajstić information content (AvgIpc) is 2.97. The van der Waals surface area contributed by atoms with Crippen molar-refractivity contribution in [2.24, 2.45) is 5.92 Å². The van der Waals surface area contributed by atoms with Crippen molar-refractivity contribution < 1.29 is 0 Å². The molecule has 2 rings (SSSR count). The lowest BCUT2D eigenvalue weighted by molar-refractivity contribution is 0.342. The molecule has 2 unspecified atom stereocenters. The Labute approximate surface area is 108 Å². The number of thioether (sulfide) groups is 1. The van der Waals surface area contributed by atoms with Crippen molar-refractivity contribution in [2.45, 2.75) is 44.5 Å². The van der Waals surface area contributed by atoms with Gasteiger partial charge in [0.25, 0.3) is 0 Å². The van der Waals surface area contributed by atoms with Gasteiger partial charge in [-0.3, -0.25) is 4.68 Å². The third-order valence-electron chi connectivity index (χ3n) is 3.38. The molecule has 4 heteroatoms. The van der Waals surface area contributed by atoms with E-state index < -0.39 is 0 Å². The van der Waals surface area contributed by atoms with Crippen LogP contribution in [0.2, 0.25) is 0 Å². The molecular formula is C13H23N3S. The zero-order valence-electron chi connectivity index (χ0n) is 10.8. The van der Waals surface area contributed by atoms with Gasteiger partial charge in [-0.2, -0.15) is 16.9 Å². The first-order valence-corrected chi connectivity index (χ1v) is 7.63. The molecular weight excluding hydrogens is 230 g/mol. The molecule has 1 N–H and O–H groups in total. The van der Waals surface area contributed by atoms with Crippen LogP contribution in [0.15, 0.2) is 18.5 Å². The first-order valence-electron chi connectivity index (χ1n) is 6.58. The van der Waals surface area contributed by atoms with Gasteiger partial charge in [-0.05, 0) is 30.6 Å². The van der Waals surface area contributed by atoms with Gasteiger partial charge in [-0.15, -0.1) is 0 Å². The third kappa shape index (κ3) is 4.03. The SMILES string of the molecule is CC(C)C(Cn1cccn1)NCC1CCCS1. The fraction of sp³-hybridized carbons (Fsp3) is 0.769. The van der Waals surface area contributed by atoms with Crippen LogP contribution >= 0.6 is 11.8 Å². The Morgan fingerprint density at radius 2 is 2.41 bits per heavy atom. The van der Waals surface area contributed by atoms with Crippen LogP contribution in [0.3, 0.4) is 0 Å². The summed E-state index contributed by atoms with van der Waals surface area (Å²) >= 11 is 2.12. The maximum absolute atomic E-state index is 4.29. The maximum Gasteiger partial charge on any atom is 0.0565 e. The molecule has 1 aromatic rings. The molecule has 1 aliphatic heterocycles. The summed E-state index contributed by atoms with van der Waals surface area (Å²) in [6, 6.07) is 2.51.